The van der Waals surface area contributed by atoms with Gasteiger partial charge in [0, 0.05) is 11.6 Å². The first-order valence-corrected chi connectivity index (χ1v) is 7.23. The van der Waals surface area contributed by atoms with Crippen molar-refractivity contribution in [1.29, 1.82) is 0 Å². The second kappa shape index (κ2) is 8.98. The second-order valence-corrected chi connectivity index (χ2v) is 4.94. The molecular formula is C16H27NO. The molecule has 0 aliphatic rings. The molecule has 102 valence electrons. The Kier molecular flexibility index (Phi) is 7.51. The summed E-state index contributed by atoms with van der Waals surface area (Å²) in [7, 11) is 0. The van der Waals surface area contributed by atoms with E-state index in [1.807, 2.05) is 31.2 Å². The lowest BCUT2D eigenvalue weighted by molar-refractivity contribution is 0.300. The Hall–Kier alpha value is -1.02. The minimum Gasteiger partial charge on any atom is -0.493 e. The Morgan fingerprint density at radius 3 is 2.44 bits per heavy atom. The van der Waals surface area contributed by atoms with Crippen molar-refractivity contribution in [2.75, 3.05) is 6.61 Å². The smallest absolute Gasteiger partial charge is 0.124 e. The summed E-state index contributed by atoms with van der Waals surface area (Å²) in [5.41, 5.74) is 7.02. The van der Waals surface area contributed by atoms with Gasteiger partial charge in [-0.25, -0.2) is 0 Å². The van der Waals surface area contributed by atoms with Crippen molar-refractivity contribution in [2.24, 2.45) is 5.73 Å². The SMILES string of the molecule is CCCCCCCCOc1ccccc1[C@@H](C)N. The van der Waals surface area contributed by atoms with Crippen LogP contribution >= 0.6 is 0 Å². The van der Waals surface area contributed by atoms with Gasteiger partial charge in [0.15, 0.2) is 0 Å². The van der Waals surface area contributed by atoms with Crippen LogP contribution in [0.25, 0.3) is 0 Å². The fourth-order valence-electron chi connectivity index (χ4n) is 2.05. The predicted molar refractivity (Wildman–Crippen MR) is 77.9 cm³/mol. The Morgan fingerprint density at radius 2 is 1.72 bits per heavy atom. The van der Waals surface area contributed by atoms with Crippen LogP contribution in [0.1, 0.15) is 64.0 Å². The van der Waals surface area contributed by atoms with E-state index in [9.17, 15) is 0 Å². The molecule has 2 N–H and O–H groups in total. The van der Waals surface area contributed by atoms with Gasteiger partial charge in [0.05, 0.1) is 6.61 Å². The molecule has 0 aliphatic heterocycles. The highest BCUT2D eigenvalue weighted by molar-refractivity contribution is 5.35. The molecule has 0 aromatic heterocycles. The van der Waals surface area contributed by atoms with Gasteiger partial charge in [-0.2, -0.15) is 0 Å². The number of hydrogen-bond acceptors (Lipinski definition) is 2. The number of nitrogens with two attached hydrogens (primary N) is 1. The van der Waals surface area contributed by atoms with Gasteiger partial charge in [0.2, 0.25) is 0 Å². The van der Waals surface area contributed by atoms with E-state index in [1.54, 1.807) is 0 Å². The maximum atomic E-state index is 5.92. The van der Waals surface area contributed by atoms with E-state index >= 15 is 0 Å². The number of rotatable bonds is 9. The van der Waals surface area contributed by atoms with Gasteiger partial charge in [0.25, 0.3) is 0 Å². The van der Waals surface area contributed by atoms with Crippen molar-refractivity contribution in [1.82, 2.24) is 0 Å². The van der Waals surface area contributed by atoms with Crippen LogP contribution in [0.5, 0.6) is 5.75 Å². The van der Waals surface area contributed by atoms with E-state index in [0.717, 1.165) is 24.3 Å². The lowest BCUT2D eigenvalue weighted by Crippen LogP contribution is -2.08. The van der Waals surface area contributed by atoms with E-state index in [2.05, 4.69) is 6.92 Å². The summed E-state index contributed by atoms with van der Waals surface area (Å²) in [6.45, 7) is 5.04. The largest absolute Gasteiger partial charge is 0.493 e. The third-order valence-corrected chi connectivity index (χ3v) is 3.17. The van der Waals surface area contributed by atoms with Gasteiger partial charge in [-0.15, -0.1) is 0 Å². The van der Waals surface area contributed by atoms with Crippen LogP contribution in [0.4, 0.5) is 0 Å². The highest BCUT2D eigenvalue weighted by Gasteiger charge is 2.06. The van der Waals surface area contributed by atoms with Crippen molar-refractivity contribution in [3.8, 4) is 5.75 Å². The maximum Gasteiger partial charge on any atom is 0.124 e. The first-order chi connectivity index (χ1) is 8.75. The fourth-order valence-corrected chi connectivity index (χ4v) is 2.05. The predicted octanol–water partition coefficient (Wildman–Crippen LogP) is 4.45. The van der Waals surface area contributed by atoms with E-state index in [1.165, 1.54) is 32.1 Å². The highest BCUT2D eigenvalue weighted by atomic mass is 16.5. The minimum absolute atomic E-state index is 0.0331. The van der Waals surface area contributed by atoms with E-state index < -0.39 is 0 Å². The van der Waals surface area contributed by atoms with E-state index in [0.29, 0.717) is 0 Å². The van der Waals surface area contributed by atoms with Crippen LogP contribution in [0.3, 0.4) is 0 Å². The summed E-state index contributed by atoms with van der Waals surface area (Å²) >= 11 is 0. The van der Waals surface area contributed by atoms with Gasteiger partial charge >= 0.3 is 0 Å². The number of benzene rings is 1. The molecule has 0 spiro atoms. The van der Waals surface area contributed by atoms with Crippen LogP contribution in [-0.2, 0) is 0 Å². The molecule has 2 nitrogen and oxygen atoms in total. The Morgan fingerprint density at radius 1 is 1.06 bits per heavy atom. The Bertz CT molecular complexity index is 323. The molecule has 18 heavy (non-hydrogen) atoms. The summed E-state index contributed by atoms with van der Waals surface area (Å²) in [5.74, 6) is 0.945. The third kappa shape index (κ3) is 5.54. The van der Waals surface area contributed by atoms with E-state index in [-0.39, 0.29) is 6.04 Å². The second-order valence-electron chi connectivity index (χ2n) is 4.94. The number of para-hydroxylation sites is 1. The van der Waals surface area contributed by atoms with Gasteiger partial charge in [-0.1, -0.05) is 57.2 Å². The standard InChI is InChI=1S/C16H27NO/c1-3-4-5-6-7-10-13-18-16-12-9-8-11-15(16)14(2)17/h8-9,11-12,14H,3-7,10,13,17H2,1-2H3/t14-/m1/s1. The average Bonchev–Trinajstić information content (AvgIpc) is 2.38. The number of hydrogen-bond donors (Lipinski definition) is 1. The normalized spacial score (nSPS) is 12.4. The first-order valence-electron chi connectivity index (χ1n) is 7.23. The average molecular weight is 249 g/mol. The zero-order valence-corrected chi connectivity index (χ0v) is 11.8. The van der Waals surface area contributed by atoms with Crippen LogP contribution in [-0.4, -0.2) is 6.61 Å². The topological polar surface area (TPSA) is 35.2 Å². The monoisotopic (exact) mass is 249 g/mol. The summed E-state index contributed by atoms with van der Waals surface area (Å²) in [5, 5.41) is 0. The molecule has 1 aromatic rings. The Labute approximate surface area is 112 Å². The molecule has 0 heterocycles. The van der Waals surface area contributed by atoms with Crippen LogP contribution in [0, 0.1) is 0 Å². The van der Waals surface area contributed by atoms with Gasteiger partial charge in [0.1, 0.15) is 5.75 Å². The van der Waals surface area contributed by atoms with Crippen molar-refractivity contribution < 1.29 is 4.74 Å². The molecule has 2 heteroatoms. The highest BCUT2D eigenvalue weighted by Crippen LogP contribution is 2.23. The summed E-state index contributed by atoms with van der Waals surface area (Å²) in [4.78, 5) is 0. The lowest BCUT2D eigenvalue weighted by atomic mass is 10.1. The Balaban J connectivity index is 2.23. The first kappa shape index (κ1) is 15.0. The van der Waals surface area contributed by atoms with Gasteiger partial charge < -0.3 is 10.5 Å². The lowest BCUT2D eigenvalue weighted by Gasteiger charge is -2.13. The fraction of sp³-hybridized carbons (Fsp3) is 0.625. The number of ether oxygens (including phenoxy) is 1. The molecule has 1 rings (SSSR count). The maximum absolute atomic E-state index is 5.92. The van der Waals surface area contributed by atoms with Gasteiger partial charge in [-0.3, -0.25) is 0 Å². The molecule has 0 radical (unpaired) electrons. The van der Waals surface area contributed by atoms with E-state index in [4.69, 9.17) is 10.5 Å². The molecule has 0 amide bonds. The molecule has 0 aliphatic carbocycles. The van der Waals surface area contributed by atoms with Gasteiger partial charge in [-0.05, 0) is 19.4 Å². The molecule has 0 unspecified atom stereocenters. The van der Waals surface area contributed by atoms with Crippen molar-refractivity contribution in [3.05, 3.63) is 29.8 Å². The zero-order valence-electron chi connectivity index (χ0n) is 11.8. The van der Waals surface area contributed by atoms with Crippen molar-refractivity contribution >= 4 is 0 Å². The third-order valence-electron chi connectivity index (χ3n) is 3.17. The molecule has 0 saturated heterocycles. The van der Waals surface area contributed by atoms with Crippen LogP contribution in [0.15, 0.2) is 24.3 Å². The summed E-state index contributed by atoms with van der Waals surface area (Å²) in [6, 6.07) is 8.10. The summed E-state index contributed by atoms with van der Waals surface area (Å²) in [6.07, 6.45) is 7.74. The molecular weight excluding hydrogens is 222 g/mol. The minimum atomic E-state index is 0.0331. The zero-order chi connectivity index (χ0) is 13.2. The van der Waals surface area contributed by atoms with Crippen LogP contribution in [0.2, 0.25) is 0 Å². The molecule has 0 bridgehead atoms. The number of unbranched alkanes of at least 4 members (excludes halogenated alkanes) is 5. The summed E-state index contributed by atoms with van der Waals surface area (Å²) < 4.78 is 5.82. The molecule has 0 saturated carbocycles. The van der Waals surface area contributed by atoms with Crippen molar-refractivity contribution in [2.45, 2.75) is 58.4 Å². The molecule has 1 aromatic carbocycles. The van der Waals surface area contributed by atoms with Crippen LogP contribution < -0.4 is 10.5 Å². The quantitative estimate of drug-likeness (QED) is 0.656. The van der Waals surface area contributed by atoms with Crippen molar-refractivity contribution in [3.63, 3.8) is 0 Å². The molecule has 1 atom stereocenters. The molecule has 0 fully saturated rings.